The molecule has 22 heavy (non-hydrogen) atoms. The van der Waals surface area contributed by atoms with Gasteiger partial charge in [-0.25, -0.2) is 13.1 Å². The lowest BCUT2D eigenvalue weighted by atomic mass is 10.2. The van der Waals surface area contributed by atoms with Crippen molar-refractivity contribution in [3.63, 3.8) is 0 Å². The average molecular weight is 325 g/mol. The SMILES string of the molecule is NCCCCNC(=O)c1cccc(S(=O)(=O)NCC2CC2)c1. The summed E-state index contributed by atoms with van der Waals surface area (Å²) in [4.78, 5) is 12.1. The molecule has 1 aromatic carbocycles. The smallest absolute Gasteiger partial charge is 0.251 e. The molecule has 0 aliphatic heterocycles. The lowest BCUT2D eigenvalue weighted by Crippen LogP contribution is -2.27. The lowest BCUT2D eigenvalue weighted by Gasteiger charge is -2.08. The summed E-state index contributed by atoms with van der Waals surface area (Å²) in [5.74, 6) is 0.195. The zero-order chi connectivity index (χ0) is 16.0. The third kappa shape index (κ3) is 5.08. The topological polar surface area (TPSA) is 101 Å². The zero-order valence-corrected chi connectivity index (χ0v) is 13.4. The largest absolute Gasteiger partial charge is 0.352 e. The summed E-state index contributed by atoms with van der Waals surface area (Å²) >= 11 is 0. The van der Waals surface area contributed by atoms with Crippen molar-refractivity contribution < 1.29 is 13.2 Å². The van der Waals surface area contributed by atoms with Gasteiger partial charge in [-0.1, -0.05) is 6.07 Å². The number of rotatable bonds is 9. The molecule has 1 aliphatic carbocycles. The number of benzene rings is 1. The predicted molar refractivity (Wildman–Crippen MR) is 85.0 cm³/mol. The number of carbonyl (C=O) groups excluding carboxylic acids is 1. The number of hydrogen-bond acceptors (Lipinski definition) is 4. The van der Waals surface area contributed by atoms with Crippen molar-refractivity contribution in [2.45, 2.75) is 30.6 Å². The third-order valence-corrected chi connectivity index (χ3v) is 5.00. The van der Waals surface area contributed by atoms with Gasteiger partial charge in [-0.15, -0.1) is 0 Å². The van der Waals surface area contributed by atoms with Crippen molar-refractivity contribution in [3.8, 4) is 0 Å². The van der Waals surface area contributed by atoms with Crippen LogP contribution >= 0.6 is 0 Å². The van der Waals surface area contributed by atoms with Crippen molar-refractivity contribution in [3.05, 3.63) is 29.8 Å². The second-order valence-electron chi connectivity index (χ2n) is 5.57. The van der Waals surface area contributed by atoms with Gasteiger partial charge in [0.05, 0.1) is 4.90 Å². The first-order valence-electron chi connectivity index (χ1n) is 7.61. The Bertz CT molecular complexity index is 612. The molecular formula is C15H23N3O3S. The Balaban J connectivity index is 1.97. The molecule has 0 heterocycles. The van der Waals surface area contributed by atoms with E-state index in [4.69, 9.17) is 5.73 Å². The van der Waals surface area contributed by atoms with Crippen LogP contribution in [0.3, 0.4) is 0 Å². The molecule has 6 nitrogen and oxygen atoms in total. The lowest BCUT2D eigenvalue weighted by molar-refractivity contribution is 0.0953. The Morgan fingerprint density at radius 1 is 1.27 bits per heavy atom. The highest BCUT2D eigenvalue weighted by molar-refractivity contribution is 7.89. The molecule has 0 spiro atoms. The number of nitrogens with one attached hydrogen (secondary N) is 2. The quantitative estimate of drug-likeness (QED) is 0.586. The van der Waals surface area contributed by atoms with Gasteiger partial charge in [0.2, 0.25) is 10.0 Å². The predicted octanol–water partition coefficient (Wildman–Crippen LogP) is 0.844. The molecule has 1 saturated carbocycles. The minimum absolute atomic E-state index is 0.128. The van der Waals surface area contributed by atoms with Crippen molar-refractivity contribution in [2.24, 2.45) is 11.7 Å². The molecule has 1 amide bonds. The Labute approximate surface area is 131 Å². The second kappa shape index (κ2) is 7.71. The summed E-state index contributed by atoms with van der Waals surface area (Å²) in [6.45, 7) is 1.60. The number of unbranched alkanes of at least 4 members (excludes halogenated alkanes) is 1. The van der Waals surface area contributed by atoms with Gasteiger partial charge in [-0.05, 0) is 56.3 Å². The number of nitrogens with two attached hydrogens (primary N) is 1. The standard InChI is InChI=1S/C15H23N3O3S/c16-8-1-2-9-17-15(19)13-4-3-5-14(10-13)22(20,21)18-11-12-6-7-12/h3-5,10,12,18H,1-2,6-9,11,16H2,(H,17,19). The van der Waals surface area contributed by atoms with E-state index < -0.39 is 10.0 Å². The van der Waals surface area contributed by atoms with Gasteiger partial charge in [0.1, 0.15) is 0 Å². The van der Waals surface area contributed by atoms with Crippen molar-refractivity contribution in [2.75, 3.05) is 19.6 Å². The van der Waals surface area contributed by atoms with Gasteiger partial charge >= 0.3 is 0 Å². The molecule has 0 saturated heterocycles. The number of sulfonamides is 1. The Hall–Kier alpha value is -1.44. The maximum absolute atomic E-state index is 12.2. The molecule has 0 atom stereocenters. The van der Waals surface area contributed by atoms with Crippen LogP contribution in [-0.2, 0) is 10.0 Å². The monoisotopic (exact) mass is 325 g/mol. The maximum atomic E-state index is 12.2. The first-order chi connectivity index (χ1) is 10.5. The van der Waals surface area contributed by atoms with Crippen LogP contribution in [0, 0.1) is 5.92 Å². The van der Waals surface area contributed by atoms with Gasteiger partial charge in [0, 0.05) is 18.7 Å². The molecule has 4 N–H and O–H groups in total. The molecule has 0 radical (unpaired) electrons. The highest BCUT2D eigenvalue weighted by atomic mass is 32.2. The van der Waals surface area contributed by atoms with Crippen LogP contribution in [0.25, 0.3) is 0 Å². The summed E-state index contributed by atoms with van der Waals surface area (Å²) < 4.78 is 27.0. The van der Waals surface area contributed by atoms with Crippen molar-refractivity contribution in [1.29, 1.82) is 0 Å². The van der Waals surface area contributed by atoms with Crippen LogP contribution in [0.5, 0.6) is 0 Å². The second-order valence-corrected chi connectivity index (χ2v) is 7.34. The van der Waals surface area contributed by atoms with E-state index in [9.17, 15) is 13.2 Å². The molecule has 7 heteroatoms. The highest BCUT2D eigenvalue weighted by Crippen LogP contribution is 2.28. The van der Waals surface area contributed by atoms with Crippen LogP contribution in [0.4, 0.5) is 0 Å². The fourth-order valence-electron chi connectivity index (χ4n) is 2.01. The number of amides is 1. The van der Waals surface area contributed by atoms with Gasteiger partial charge < -0.3 is 11.1 Å². The fourth-order valence-corrected chi connectivity index (χ4v) is 3.17. The van der Waals surface area contributed by atoms with Crippen molar-refractivity contribution >= 4 is 15.9 Å². The molecule has 0 unspecified atom stereocenters. The van der Waals surface area contributed by atoms with Gasteiger partial charge in [0.15, 0.2) is 0 Å². The number of carbonyl (C=O) groups is 1. The van der Waals surface area contributed by atoms with E-state index in [0.29, 0.717) is 31.1 Å². The molecule has 0 bridgehead atoms. The van der Waals surface area contributed by atoms with E-state index in [1.807, 2.05) is 0 Å². The van der Waals surface area contributed by atoms with Crippen LogP contribution in [0.1, 0.15) is 36.0 Å². The molecule has 122 valence electrons. The average Bonchev–Trinajstić information content (AvgIpc) is 3.34. The summed E-state index contributed by atoms with van der Waals surface area (Å²) in [6.07, 6.45) is 3.81. The Kier molecular flexibility index (Phi) is 5.93. The minimum atomic E-state index is -3.55. The molecule has 1 fully saturated rings. The van der Waals surface area contributed by atoms with Gasteiger partial charge in [0.25, 0.3) is 5.91 Å². The minimum Gasteiger partial charge on any atom is -0.352 e. The first kappa shape index (κ1) is 16.9. The fraction of sp³-hybridized carbons (Fsp3) is 0.533. The summed E-state index contributed by atoms with van der Waals surface area (Å²) in [5, 5.41) is 2.76. The van der Waals surface area contributed by atoms with Crippen LogP contribution in [0.15, 0.2) is 29.2 Å². The van der Waals surface area contributed by atoms with Crippen LogP contribution < -0.4 is 15.8 Å². The normalized spacial score (nSPS) is 14.8. The van der Waals surface area contributed by atoms with Crippen LogP contribution in [-0.4, -0.2) is 34.0 Å². The van der Waals surface area contributed by atoms with E-state index in [2.05, 4.69) is 10.0 Å². The van der Waals surface area contributed by atoms with E-state index in [1.54, 1.807) is 12.1 Å². The zero-order valence-electron chi connectivity index (χ0n) is 12.5. The molecule has 1 aromatic rings. The van der Waals surface area contributed by atoms with E-state index in [0.717, 1.165) is 25.7 Å². The summed E-state index contributed by atoms with van der Waals surface area (Å²) in [6, 6.07) is 6.10. The van der Waals surface area contributed by atoms with Gasteiger partial charge in [-0.3, -0.25) is 4.79 Å². The summed E-state index contributed by atoms with van der Waals surface area (Å²) in [5.41, 5.74) is 5.74. The first-order valence-corrected chi connectivity index (χ1v) is 9.09. The Morgan fingerprint density at radius 3 is 2.73 bits per heavy atom. The Morgan fingerprint density at radius 2 is 2.05 bits per heavy atom. The van der Waals surface area contributed by atoms with E-state index in [-0.39, 0.29) is 10.8 Å². The highest BCUT2D eigenvalue weighted by Gasteiger charge is 2.24. The molecule has 1 aliphatic rings. The summed E-state index contributed by atoms with van der Waals surface area (Å²) in [7, 11) is -3.55. The molecule has 2 rings (SSSR count). The van der Waals surface area contributed by atoms with Gasteiger partial charge in [-0.2, -0.15) is 0 Å². The molecule has 0 aromatic heterocycles. The van der Waals surface area contributed by atoms with Crippen molar-refractivity contribution in [1.82, 2.24) is 10.0 Å². The van der Waals surface area contributed by atoms with Crippen LogP contribution in [0.2, 0.25) is 0 Å². The maximum Gasteiger partial charge on any atom is 0.251 e. The van der Waals surface area contributed by atoms with E-state index >= 15 is 0 Å². The molecular weight excluding hydrogens is 302 g/mol. The number of hydrogen-bond donors (Lipinski definition) is 3. The van der Waals surface area contributed by atoms with E-state index in [1.165, 1.54) is 12.1 Å². The third-order valence-electron chi connectivity index (χ3n) is 3.58.